The van der Waals surface area contributed by atoms with Crippen molar-refractivity contribution in [3.63, 3.8) is 0 Å². The standard InChI is InChI=1S/C23H14ClNO/c24-16-9-10-19-21(23(26)25-22(19)12-16)13-20-17-7-3-1-5-14(17)11-15-6-2-4-8-18(15)20/h1-13H,(H,25,26)/b21-13+. The Balaban J connectivity index is 1.85. The molecule has 1 amide bonds. The predicted molar refractivity (Wildman–Crippen MR) is 109 cm³/mol. The van der Waals surface area contributed by atoms with E-state index in [2.05, 4.69) is 35.6 Å². The second-order valence-corrected chi connectivity index (χ2v) is 6.87. The summed E-state index contributed by atoms with van der Waals surface area (Å²) in [5.41, 5.74) is 3.37. The van der Waals surface area contributed by atoms with Crippen molar-refractivity contribution < 1.29 is 4.79 Å². The average molecular weight is 356 g/mol. The zero-order valence-corrected chi connectivity index (χ0v) is 14.5. The first-order chi connectivity index (χ1) is 12.7. The van der Waals surface area contributed by atoms with Crippen LogP contribution in [0.1, 0.15) is 11.1 Å². The summed E-state index contributed by atoms with van der Waals surface area (Å²) in [6.45, 7) is 0. The molecule has 0 bridgehead atoms. The third-order valence-electron chi connectivity index (χ3n) is 4.87. The highest BCUT2D eigenvalue weighted by molar-refractivity contribution is 6.37. The van der Waals surface area contributed by atoms with Crippen LogP contribution < -0.4 is 5.32 Å². The number of nitrogens with one attached hydrogen (secondary N) is 1. The molecule has 1 heterocycles. The van der Waals surface area contributed by atoms with Crippen LogP contribution in [0.2, 0.25) is 5.02 Å². The summed E-state index contributed by atoms with van der Waals surface area (Å²) < 4.78 is 0. The van der Waals surface area contributed by atoms with Crippen molar-refractivity contribution in [3.8, 4) is 0 Å². The number of fused-ring (bicyclic) bond motifs is 3. The Morgan fingerprint density at radius 3 is 2.15 bits per heavy atom. The lowest BCUT2D eigenvalue weighted by atomic mass is 9.94. The molecule has 4 aromatic carbocycles. The molecule has 0 fully saturated rings. The molecule has 5 rings (SSSR count). The average Bonchev–Trinajstić information content (AvgIpc) is 2.95. The lowest BCUT2D eigenvalue weighted by Crippen LogP contribution is -2.03. The van der Waals surface area contributed by atoms with E-state index in [4.69, 9.17) is 11.6 Å². The minimum Gasteiger partial charge on any atom is -0.321 e. The summed E-state index contributed by atoms with van der Waals surface area (Å²) in [6, 6.07) is 24.2. The number of hydrogen-bond donors (Lipinski definition) is 1. The van der Waals surface area contributed by atoms with E-state index in [1.54, 1.807) is 6.07 Å². The summed E-state index contributed by atoms with van der Waals surface area (Å²) in [5.74, 6) is -0.0979. The molecule has 0 radical (unpaired) electrons. The molecule has 0 spiro atoms. The third-order valence-corrected chi connectivity index (χ3v) is 5.10. The van der Waals surface area contributed by atoms with Gasteiger partial charge in [0.05, 0.1) is 5.69 Å². The van der Waals surface area contributed by atoms with Gasteiger partial charge >= 0.3 is 0 Å². The van der Waals surface area contributed by atoms with Crippen LogP contribution in [0.25, 0.3) is 33.2 Å². The van der Waals surface area contributed by atoms with E-state index in [0.29, 0.717) is 10.6 Å². The maximum Gasteiger partial charge on any atom is 0.256 e. The van der Waals surface area contributed by atoms with Crippen molar-refractivity contribution >= 4 is 56.4 Å². The summed E-state index contributed by atoms with van der Waals surface area (Å²) in [7, 11) is 0. The first kappa shape index (κ1) is 15.2. The lowest BCUT2D eigenvalue weighted by molar-refractivity contribution is -0.110. The van der Waals surface area contributed by atoms with E-state index in [9.17, 15) is 4.79 Å². The minimum absolute atomic E-state index is 0.0979. The number of amides is 1. The number of benzene rings is 4. The molecule has 1 aliphatic heterocycles. The van der Waals surface area contributed by atoms with Crippen LogP contribution in [0.3, 0.4) is 0 Å². The van der Waals surface area contributed by atoms with Crippen molar-refractivity contribution in [2.75, 3.05) is 5.32 Å². The molecule has 124 valence electrons. The lowest BCUT2D eigenvalue weighted by Gasteiger charge is -2.09. The fourth-order valence-electron chi connectivity index (χ4n) is 3.66. The predicted octanol–water partition coefficient (Wildman–Crippen LogP) is 6.14. The highest BCUT2D eigenvalue weighted by atomic mass is 35.5. The van der Waals surface area contributed by atoms with Gasteiger partial charge in [-0.05, 0) is 51.4 Å². The number of hydrogen-bond acceptors (Lipinski definition) is 1. The van der Waals surface area contributed by atoms with Gasteiger partial charge in [-0.1, -0.05) is 66.2 Å². The zero-order valence-electron chi connectivity index (χ0n) is 13.8. The smallest absolute Gasteiger partial charge is 0.256 e. The molecular weight excluding hydrogens is 342 g/mol. The maximum absolute atomic E-state index is 12.6. The molecule has 3 heteroatoms. The quantitative estimate of drug-likeness (QED) is 0.322. The normalized spacial score (nSPS) is 14.8. The molecule has 2 nitrogen and oxygen atoms in total. The molecule has 0 unspecified atom stereocenters. The fraction of sp³-hybridized carbons (Fsp3) is 0. The number of carbonyl (C=O) groups is 1. The largest absolute Gasteiger partial charge is 0.321 e. The van der Waals surface area contributed by atoms with Crippen molar-refractivity contribution in [2.24, 2.45) is 0 Å². The van der Waals surface area contributed by atoms with Gasteiger partial charge in [0.25, 0.3) is 5.91 Å². The summed E-state index contributed by atoms with van der Waals surface area (Å²) in [5, 5.41) is 8.11. The van der Waals surface area contributed by atoms with Crippen molar-refractivity contribution in [2.45, 2.75) is 0 Å². The summed E-state index contributed by atoms with van der Waals surface area (Å²) in [4.78, 5) is 12.6. The van der Waals surface area contributed by atoms with Gasteiger partial charge in [0.1, 0.15) is 0 Å². The molecule has 1 aliphatic rings. The topological polar surface area (TPSA) is 29.1 Å². The van der Waals surface area contributed by atoms with E-state index < -0.39 is 0 Å². The Hall–Kier alpha value is -3.10. The van der Waals surface area contributed by atoms with E-state index in [1.807, 2.05) is 42.5 Å². The van der Waals surface area contributed by atoms with Crippen LogP contribution in [0.4, 0.5) is 5.69 Å². The SMILES string of the molecule is O=C1Nc2cc(Cl)ccc2/C1=C\c1c2ccccc2cc2ccccc12. The molecule has 0 saturated carbocycles. The Bertz CT molecular complexity index is 1190. The van der Waals surface area contributed by atoms with Gasteiger partial charge in [0, 0.05) is 16.2 Å². The highest BCUT2D eigenvalue weighted by Crippen LogP contribution is 2.37. The van der Waals surface area contributed by atoms with E-state index in [-0.39, 0.29) is 5.91 Å². The summed E-state index contributed by atoms with van der Waals surface area (Å²) >= 11 is 6.06. The van der Waals surface area contributed by atoms with E-state index in [0.717, 1.165) is 38.4 Å². The van der Waals surface area contributed by atoms with Gasteiger partial charge in [-0.3, -0.25) is 4.79 Å². The van der Waals surface area contributed by atoms with Crippen LogP contribution in [0.15, 0.2) is 72.8 Å². The molecule has 0 atom stereocenters. The Morgan fingerprint density at radius 1 is 0.808 bits per heavy atom. The maximum atomic E-state index is 12.6. The van der Waals surface area contributed by atoms with Crippen molar-refractivity contribution in [1.29, 1.82) is 0 Å². The Kier molecular flexibility index (Phi) is 3.34. The molecule has 4 aromatic rings. The van der Waals surface area contributed by atoms with Gasteiger partial charge in [-0.25, -0.2) is 0 Å². The Morgan fingerprint density at radius 2 is 1.46 bits per heavy atom. The number of rotatable bonds is 1. The van der Waals surface area contributed by atoms with Gasteiger partial charge < -0.3 is 5.32 Å². The summed E-state index contributed by atoms with van der Waals surface area (Å²) in [6.07, 6.45) is 2.00. The van der Waals surface area contributed by atoms with E-state index >= 15 is 0 Å². The molecule has 1 N–H and O–H groups in total. The van der Waals surface area contributed by atoms with Gasteiger partial charge in [-0.2, -0.15) is 0 Å². The van der Waals surface area contributed by atoms with Gasteiger partial charge in [-0.15, -0.1) is 0 Å². The van der Waals surface area contributed by atoms with E-state index in [1.165, 1.54) is 0 Å². The fourth-order valence-corrected chi connectivity index (χ4v) is 3.83. The number of carbonyl (C=O) groups excluding carboxylic acids is 1. The first-order valence-electron chi connectivity index (χ1n) is 8.44. The molecule has 26 heavy (non-hydrogen) atoms. The third kappa shape index (κ3) is 2.31. The minimum atomic E-state index is -0.0979. The molecule has 0 aliphatic carbocycles. The van der Waals surface area contributed by atoms with Gasteiger partial charge in [0.15, 0.2) is 0 Å². The highest BCUT2D eigenvalue weighted by Gasteiger charge is 2.24. The molecule has 0 aromatic heterocycles. The zero-order chi connectivity index (χ0) is 17.7. The monoisotopic (exact) mass is 355 g/mol. The van der Waals surface area contributed by atoms with Crippen LogP contribution in [-0.4, -0.2) is 5.91 Å². The number of anilines is 1. The molecular formula is C23H14ClNO. The van der Waals surface area contributed by atoms with Crippen LogP contribution in [0, 0.1) is 0 Å². The molecule has 0 saturated heterocycles. The second kappa shape index (κ2) is 5.72. The van der Waals surface area contributed by atoms with Crippen LogP contribution >= 0.6 is 11.6 Å². The van der Waals surface area contributed by atoms with Crippen LogP contribution in [0.5, 0.6) is 0 Å². The van der Waals surface area contributed by atoms with Crippen LogP contribution in [-0.2, 0) is 4.79 Å². The van der Waals surface area contributed by atoms with Crippen molar-refractivity contribution in [1.82, 2.24) is 0 Å². The number of halogens is 1. The second-order valence-electron chi connectivity index (χ2n) is 6.43. The van der Waals surface area contributed by atoms with Gasteiger partial charge in [0.2, 0.25) is 0 Å². The van der Waals surface area contributed by atoms with Crippen molar-refractivity contribution in [3.05, 3.63) is 88.9 Å². The first-order valence-corrected chi connectivity index (χ1v) is 8.82. The Labute approximate surface area is 155 Å².